The van der Waals surface area contributed by atoms with Gasteiger partial charge in [0, 0.05) is 13.6 Å². The van der Waals surface area contributed by atoms with Crippen molar-refractivity contribution in [3.63, 3.8) is 0 Å². The van der Waals surface area contributed by atoms with Gasteiger partial charge in [0.25, 0.3) is 0 Å². The van der Waals surface area contributed by atoms with E-state index in [2.05, 4.69) is 0 Å². The van der Waals surface area contributed by atoms with Gasteiger partial charge in [-0.25, -0.2) is 9.18 Å². The molecular weight excluding hydrogens is 669 g/mol. The number of carbonyl (C=O) groups is 2. The third-order valence-corrected chi connectivity index (χ3v) is 9.24. The Kier molecular flexibility index (Phi) is 11.9. The Hall–Kier alpha value is -4.55. The molecule has 0 aromatic heterocycles. The van der Waals surface area contributed by atoms with Gasteiger partial charge in [-0.15, -0.1) is 0 Å². The van der Waals surface area contributed by atoms with Crippen molar-refractivity contribution in [2.45, 2.75) is 70.6 Å². The number of methoxy groups -OCH3 is 1. The SMILES string of the molecule is CO/C=C\C[C@]1(CC(=O)OCc2ccccc2)CCN(C(=O)N(C)[C@H](C)c2cc(C(F)(F)F)cc(C(F)(F)F)c2)[C@@H](c2ccc(F)cc2C)C1. The van der Waals surface area contributed by atoms with E-state index in [9.17, 15) is 40.3 Å². The normalized spacial score (nSPS) is 18.9. The summed E-state index contributed by atoms with van der Waals surface area (Å²) in [5.74, 6) is -0.973. The number of aryl methyl sites for hydroxylation is 1. The van der Waals surface area contributed by atoms with E-state index in [-0.39, 0.29) is 37.6 Å². The number of alkyl halides is 6. The Labute approximate surface area is 286 Å². The number of halogens is 7. The number of hydrogen-bond donors (Lipinski definition) is 0. The predicted molar refractivity (Wildman–Crippen MR) is 172 cm³/mol. The number of esters is 1. The van der Waals surface area contributed by atoms with Gasteiger partial charge in [0.2, 0.25) is 0 Å². The summed E-state index contributed by atoms with van der Waals surface area (Å²) in [6, 6.07) is 11.9. The van der Waals surface area contributed by atoms with Crippen molar-refractivity contribution in [2.75, 3.05) is 20.7 Å². The third kappa shape index (κ3) is 9.36. The molecule has 3 aromatic rings. The second-order valence-electron chi connectivity index (χ2n) is 12.7. The molecule has 2 amide bonds. The number of likely N-dealkylation sites (tertiary alicyclic amines) is 1. The average molecular weight is 709 g/mol. The Morgan fingerprint density at radius 3 is 2.22 bits per heavy atom. The van der Waals surface area contributed by atoms with Crippen LogP contribution in [-0.2, 0) is 33.2 Å². The van der Waals surface area contributed by atoms with E-state index >= 15 is 0 Å². The molecule has 4 rings (SSSR count). The molecule has 6 nitrogen and oxygen atoms in total. The van der Waals surface area contributed by atoms with Gasteiger partial charge in [0.05, 0.1) is 43.0 Å². The lowest BCUT2D eigenvalue weighted by Gasteiger charge is -2.48. The van der Waals surface area contributed by atoms with Crippen molar-refractivity contribution in [1.29, 1.82) is 0 Å². The molecule has 3 atom stereocenters. The first-order valence-electron chi connectivity index (χ1n) is 15.9. The number of allylic oxidation sites excluding steroid dienone is 1. The molecule has 0 radical (unpaired) electrons. The van der Waals surface area contributed by atoms with Crippen LogP contribution in [0.1, 0.15) is 78.1 Å². The zero-order valence-corrected chi connectivity index (χ0v) is 28.1. The van der Waals surface area contributed by atoms with Crippen LogP contribution in [0.25, 0.3) is 0 Å². The second-order valence-corrected chi connectivity index (χ2v) is 12.7. The fraction of sp³-hybridized carbons (Fsp3) is 0.405. The van der Waals surface area contributed by atoms with Crippen LogP contribution in [0.15, 0.2) is 79.1 Å². The van der Waals surface area contributed by atoms with E-state index in [0.717, 1.165) is 10.5 Å². The molecule has 0 N–H and O–H groups in total. The highest BCUT2D eigenvalue weighted by molar-refractivity contribution is 5.76. The number of rotatable bonds is 10. The standard InChI is InChI=1S/C37H39F7N2O4/c1-24-17-30(38)11-12-31(24)32-21-35(13-8-16-49-4,22-33(47)50-23-26-9-6-5-7-10-26)14-15-46(32)34(48)45(3)25(2)27-18-28(36(39,40)41)20-29(19-27)37(42,43)44/h5-12,16-20,25,32H,13-15,21-23H2,1-4H3/b16-8-/t25-,32-,35+/m1/s1. The summed E-state index contributed by atoms with van der Waals surface area (Å²) in [6.45, 7) is 3.14. The maximum Gasteiger partial charge on any atom is 0.416 e. The number of ether oxygens (including phenoxy) is 2. The Bertz CT molecular complexity index is 1640. The highest BCUT2D eigenvalue weighted by Gasteiger charge is 2.45. The summed E-state index contributed by atoms with van der Waals surface area (Å²) < 4.78 is 107. The summed E-state index contributed by atoms with van der Waals surface area (Å²) in [6.07, 6.45) is -6.03. The summed E-state index contributed by atoms with van der Waals surface area (Å²) in [4.78, 5) is 30.0. The van der Waals surface area contributed by atoms with Crippen molar-refractivity contribution >= 4 is 12.0 Å². The molecule has 1 fully saturated rings. The highest BCUT2D eigenvalue weighted by atomic mass is 19.4. The molecule has 270 valence electrons. The van der Waals surface area contributed by atoms with E-state index in [1.165, 1.54) is 50.4 Å². The summed E-state index contributed by atoms with van der Waals surface area (Å²) in [5.41, 5.74) is -2.17. The molecule has 1 aliphatic rings. The molecule has 0 spiro atoms. The first kappa shape index (κ1) is 38.3. The van der Waals surface area contributed by atoms with E-state index in [4.69, 9.17) is 9.47 Å². The van der Waals surface area contributed by atoms with Gasteiger partial charge in [0.1, 0.15) is 12.4 Å². The molecule has 0 unspecified atom stereocenters. The number of carbonyl (C=O) groups excluding carboxylic acids is 2. The zero-order chi connectivity index (χ0) is 36.9. The van der Waals surface area contributed by atoms with Gasteiger partial charge in [-0.2, -0.15) is 26.3 Å². The fourth-order valence-electron chi connectivity index (χ4n) is 6.38. The molecule has 50 heavy (non-hydrogen) atoms. The average Bonchev–Trinajstić information content (AvgIpc) is 3.06. The maximum atomic E-state index is 14.2. The minimum absolute atomic E-state index is 0.0244. The smallest absolute Gasteiger partial charge is 0.416 e. The van der Waals surface area contributed by atoms with E-state index in [1.54, 1.807) is 13.0 Å². The summed E-state index contributed by atoms with van der Waals surface area (Å²) in [5, 5.41) is 0. The Balaban J connectivity index is 1.68. The highest BCUT2D eigenvalue weighted by Crippen LogP contribution is 2.48. The number of benzene rings is 3. The van der Waals surface area contributed by atoms with Gasteiger partial charge in [0.15, 0.2) is 0 Å². The van der Waals surface area contributed by atoms with E-state index in [0.29, 0.717) is 36.1 Å². The van der Waals surface area contributed by atoms with Gasteiger partial charge in [-0.3, -0.25) is 4.79 Å². The van der Waals surface area contributed by atoms with E-state index < -0.39 is 58.8 Å². The molecule has 0 saturated carbocycles. The molecule has 3 aromatic carbocycles. The quantitative estimate of drug-likeness (QED) is 0.120. The van der Waals surface area contributed by atoms with Crippen LogP contribution in [0.2, 0.25) is 0 Å². The van der Waals surface area contributed by atoms with Crippen molar-refractivity contribution < 1.29 is 49.8 Å². The number of piperidine rings is 1. The molecule has 0 bridgehead atoms. The van der Waals surface area contributed by atoms with Crippen LogP contribution >= 0.6 is 0 Å². The first-order chi connectivity index (χ1) is 23.4. The molecular formula is C37H39F7N2O4. The molecule has 13 heteroatoms. The third-order valence-electron chi connectivity index (χ3n) is 9.24. The topological polar surface area (TPSA) is 59.1 Å². The number of amides is 2. The fourth-order valence-corrected chi connectivity index (χ4v) is 6.38. The van der Waals surface area contributed by atoms with Gasteiger partial charge in [-0.05, 0) is 97.2 Å². The van der Waals surface area contributed by atoms with E-state index in [1.807, 2.05) is 30.3 Å². The monoisotopic (exact) mass is 708 g/mol. The van der Waals surface area contributed by atoms with Crippen LogP contribution in [0, 0.1) is 18.2 Å². The van der Waals surface area contributed by atoms with Crippen molar-refractivity contribution in [1.82, 2.24) is 9.80 Å². The van der Waals surface area contributed by atoms with Crippen LogP contribution in [0.4, 0.5) is 35.5 Å². The number of hydrogen-bond acceptors (Lipinski definition) is 4. The van der Waals surface area contributed by atoms with Crippen molar-refractivity contribution in [2.24, 2.45) is 5.41 Å². The van der Waals surface area contributed by atoms with Gasteiger partial charge >= 0.3 is 24.4 Å². The summed E-state index contributed by atoms with van der Waals surface area (Å²) >= 11 is 0. The lowest BCUT2D eigenvalue weighted by molar-refractivity contribution is -0.149. The number of nitrogens with zero attached hydrogens (tertiary/aromatic N) is 2. The predicted octanol–water partition coefficient (Wildman–Crippen LogP) is 9.79. The largest absolute Gasteiger partial charge is 0.505 e. The Morgan fingerprint density at radius 1 is 1.00 bits per heavy atom. The molecule has 1 saturated heterocycles. The first-order valence-corrected chi connectivity index (χ1v) is 15.9. The minimum atomic E-state index is -5.06. The minimum Gasteiger partial charge on any atom is -0.505 e. The lowest BCUT2D eigenvalue weighted by atomic mass is 9.69. The molecule has 1 heterocycles. The van der Waals surface area contributed by atoms with Crippen molar-refractivity contribution in [3.05, 3.63) is 118 Å². The number of urea groups is 1. The van der Waals surface area contributed by atoms with Crippen LogP contribution in [-0.4, -0.2) is 42.5 Å². The zero-order valence-electron chi connectivity index (χ0n) is 28.1. The van der Waals surface area contributed by atoms with Gasteiger partial charge in [-0.1, -0.05) is 36.4 Å². The lowest BCUT2D eigenvalue weighted by Crippen LogP contribution is -2.50. The van der Waals surface area contributed by atoms with Crippen LogP contribution in [0.3, 0.4) is 0 Å². The molecule has 1 aliphatic heterocycles. The van der Waals surface area contributed by atoms with Crippen LogP contribution < -0.4 is 0 Å². The second kappa shape index (κ2) is 15.6. The summed E-state index contributed by atoms with van der Waals surface area (Å²) in [7, 11) is 2.78. The van der Waals surface area contributed by atoms with Gasteiger partial charge < -0.3 is 19.3 Å². The Morgan fingerprint density at radius 2 is 1.64 bits per heavy atom. The van der Waals surface area contributed by atoms with Crippen LogP contribution in [0.5, 0.6) is 0 Å². The molecule has 0 aliphatic carbocycles. The maximum absolute atomic E-state index is 14.2. The van der Waals surface area contributed by atoms with Crippen molar-refractivity contribution in [3.8, 4) is 0 Å².